The number of carbonyl (C=O) groups is 2. The molecule has 124 valence electrons. The van der Waals surface area contributed by atoms with Gasteiger partial charge in [0.05, 0.1) is 0 Å². The van der Waals surface area contributed by atoms with Crippen LogP contribution in [0.5, 0.6) is 0 Å². The smallest absolute Gasteiger partial charge is 0.327 e. The van der Waals surface area contributed by atoms with E-state index < -0.39 is 11.9 Å². The molecule has 3 aliphatic carbocycles. The first-order valence-corrected chi connectivity index (χ1v) is 7.71. The molecule has 3 aliphatic rings. The second-order valence-corrected chi connectivity index (χ2v) is 6.31. The summed E-state index contributed by atoms with van der Waals surface area (Å²) in [5.74, 6) is 0.979. The first kappa shape index (κ1) is 18.4. The maximum absolute atomic E-state index is 9.49. The van der Waals surface area contributed by atoms with E-state index in [1.165, 1.54) is 38.5 Å². The number of aliphatic hydroxyl groups is 1. The van der Waals surface area contributed by atoms with Gasteiger partial charge in [0.2, 0.25) is 0 Å². The highest BCUT2D eigenvalue weighted by atomic mass is 16.4. The first-order chi connectivity index (χ1) is 10.4. The van der Waals surface area contributed by atoms with Gasteiger partial charge >= 0.3 is 11.9 Å². The fraction of sp³-hybridized carbons (Fsp3) is 0.647. The van der Waals surface area contributed by atoms with Crippen LogP contribution in [-0.4, -0.2) is 33.9 Å². The van der Waals surface area contributed by atoms with Gasteiger partial charge in [0.15, 0.2) is 0 Å². The second kappa shape index (κ2) is 8.13. The van der Waals surface area contributed by atoms with Gasteiger partial charge in [0.25, 0.3) is 0 Å². The standard InChI is InChI=1S/C11H18O.2C3H4O2/c12-7-11-5-4-8(6-11)9-2-1-3-10(9)11;2*1-2-3(4)5/h8-10,12H,1-7H2;2*2H,1H2,(H,4,5). The van der Waals surface area contributed by atoms with Crippen molar-refractivity contribution in [3.63, 3.8) is 0 Å². The molecular weight excluding hydrogens is 284 g/mol. The molecule has 4 unspecified atom stereocenters. The van der Waals surface area contributed by atoms with Crippen LogP contribution in [0.25, 0.3) is 0 Å². The summed E-state index contributed by atoms with van der Waals surface area (Å²) in [5.41, 5.74) is 0.409. The van der Waals surface area contributed by atoms with E-state index >= 15 is 0 Å². The van der Waals surface area contributed by atoms with Crippen LogP contribution in [0.2, 0.25) is 0 Å². The van der Waals surface area contributed by atoms with E-state index in [9.17, 15) is 14.7 Å². The molecule has 3 fully saturated rings. The molecule has 3 N–H and O–H groups in total. The highest BCUT2D eigenvalue weighted by molar-refractivity contribution is 5.79. The molecule has 0 saturated heterocycles. The van der Waals surface area contributed by atoms with Crippen LogP contribution in [0, 0.1) is 23.2 Å². The third-order valence-electron chi connectivity index (χ3n) is 5.31. The third kappa shape index (κ3) is 4.19. The van der Waals surface area contributed by atoms with E-state index in [1.54, 1.807) is 0 Å². The number of carboxylic acid groups (broad SMARTS) is 2. The summed E-state index contributed by atoms with van der Waals surface area (Å²) in [5, 5.41) is 24.7. The van der Waals surface area contributed by atoms with Crippen LogP contribution < -0.4 is 0 Å². The van der Waals surface area contributed by atoms with Crippen LogP contribution in [0.15, 0.2) is 25.3 Å². The predicted octanol–water partition coefficient (Wildman–Crippen LogP) is 2.71. The van der Waals surface area contributed by atoms with Gasteiger partial charge in [-0.15, -0.1) is 0 Å². The largest absolute Gasteiger partial charge is 0.478 e. The molecule has 0 aromatic carbocycles. The number of carboxylic acids is 2. The van der Waals surface area contributed by atoms with Crippen molar-refractivity contribution < 1.29 is 24.9 Å². The van der Waals surface area contributed by atoms with Crippen molar-refractivity contribution >= 4 is 11.9 Å². The summed E-state index contributed by atoms with van der Waals surface area (Å²) in [4.78, 5) is 18.5. The van der Waals surface area contributed by atoms with Gasteiger partial charge in [0, 0.05) is 18.8 Å². The molecule has 0 amide bonds. The van der Waals surface area contributed by atoms with Crippen LogP contribution in [0.3, 0.4) is 0 Å². The SMILES string of the molecule is C=CC(=O)O.C=CC(=O)O.OCC12CCC(C1)C1CCCC12. The normalized spacial score (nSPS) is 33.6. The highest BCUT2D eigenvalue weighted by Crippen LogP contribution is 2.65. The Kier molecular flexibility index (Phi) is 6.81. The molecule has 5 heteroatoms. The maximum atomic E-state index is 9.49. The Labute approximate surface area is 131 Å². The van der Waals surface area contributed by atoms with Crippen LogP contribution in [0.4, 0.5) is 0 Å². The fourth-order valence-electron chi connectivity index (χ4n) is 4.48. The lowest BCUT2D eigenvalue weighted by Crippen LogP contribution is -2.30. The zero-order valence-corrected chi connectivity index (χ0v) is 12.9. The van der Waals surface area contributed by atoms with E-state index in [0.717, 1.165) is 29.9 Å². The number of rotatable bonds is 3. The number of fused-ring (bicyclic) bond motifs is 5. The monoisotopic (exact) mass is 310 g/mol. The minimum Gasteiger partial charge on any atom is -0.478 e. The lowest BCUT2D eigenvalue weighted by atomic mass is 9.72. The van der Waals surface area contributed by atoms with E-state index in [0.29, 0.717) is 12.0 Å². The quantitative estimate of drug-likeness (QED) is 0.697. The Bertz CT molecular complexity index is 413. The molecule has 0 aromatic rings. The van der Waals surface area contributed by atoms with Crippen molar-refractivity contribution in [2.45, 2.75) is 38.5 Å². The Hall–Kier alpha value is -1.62. The molecule has 0 aromatic heterocycles. The van der Waals surface area contributed by atoms with Gasteiger partial charge in [-0.05, 0) is 55.3 Å². The number of aliphatic hydroxyl groups excluding tert-OH is 1. The Morgan fingerprint density at radius 1 is 1.09 bits per heavy atom. The summed E-state index contributed by atoms with van der Waals surface area (Å²) in [6.07, 6.45) is 10.1. The average molecular weight is 310 g/mol. The van der Waals surface area contributed by atoms with Gasteiger partial charge in [-0.3, -0.25) is 0 Å². The van der Waals surface area contributed by atoms with Crippen molar-refractivity contribution in [2.24, 2.45) is 23.2 Å². The van der Waals surface area contributed by atoms with E-state index in [4.69, 9.17) is 10.2 Å². The summed E-state index contributed by atoms with van der Waals surface area (Å²) < 4.78 is 0. The number of hydrogen-bond acceptors (Lipinski definition) is 3. The Morgan fingerprint density at radius 3 is 2.09 bits per heavy atom. The molecule has 4 atom stereocenters. The van der Waals surface area contributed by atoms with Crippen molar-refractivity contribution in [2.75, 3.05) is 6.61 Å². The van der Waals surface area contributed by atoms with Crippen LogP contribution in [0.1, 0.15) is 38.5 Å². The average Bonchev–Trinajstić information content (AvgIpc) is 3.20. The molecule has 0 radical (unpaired) electrons. The molecule has 3 saturated carbocycles. The topological polar surface area (TPSA) is 94.8 Å². The van der Waals surface area contributed by atoms with E-state index in [-0.39, 0.29) is 0 Å². The van der Waals surface area contributed by atoms with Gasteiger partial charge in [-0.1, -0.05) is 19.6 Å². The number of hydrogen-bond donors (Lipinski definition) is 3. The second-order valence-electron chi connectivity index (χ2n) is 6.31. The minimum absolute atomic E-state index is 0.409. The zero-order valence-electron chi connectivity index (χ0n) is 12.9. The minimum atomic E-state index is -0.981. The summed E-state index contributed by atoms with van der Waals surface area (Å²) in [7, 11) is 0. The Balaban J connectivity index is 0.000000206. The molecule has 0 heterocycles. The molecule has 3 rings (SSSR count). The molecule has 0 spiro atoms. The molecule has 2 bridgehead atoms. The van der Waals surface area contributed by atoms with Crippen molar-refractivity contribution in [1.82, 2.24) is 0 Å². The lowest BCUT2D eigenvalue weighted by Gasteiger charge is -2.34. The molecule has 0 aliphatic heterocycles. The molecule has 22 heavy (non-hydrogen) atoms. The lowest BCUT2D eigenvalue weighted by molar-refractivity contribution is -0.132. The highest BCUT2D eigenvalue weighted by Gasteiger charge is 2.58. The summed E-state index contributed by atoms with van der Waals surface area (Å²) >= 11 is 0. The summed E-state index contributed by atoms with van der Waals surface area (Å²) in [6.45, 7) is 6.40. The van der Waals surface area contributed by atoms with Gasteiger partial charge in [-0.25, -0.2) is 9.59 Å². The Morgan fingerprint density at radius 2 is 1.64 bits per heavy atom. The van der Waals surface area contributed by atoms with E-state index in [2.05, 4.69) is 13.2 Å². The number of aliphatic carboxylic acids is 2. The van der Waals surface area contributed by atoms with Gasteiger partial charge in [-0.2, -0.15) is 0 Å². The molecule has 5 nitrogen and oxygen atoms in total. The van der Waals surface area contributed by atoms with E-state index in [1.807, 2.05) is 0 Å². The molecular formula is C17H26O5. The summed E-state index contributed by atoms with van der Waals surface area (Å²) in [6, 6.07) is 0. The van der Waals surface area contributed by atoms with Crippen molar-refractivity contribution in [3.05, 3.63) is 25.3 Å². The first-order valence-electron chi connectivity index (χ1n) is 7.71. The van der Waals surface area contributed by atoms with Crippen LogP contribution in [-0.2, 0) is 9.59 Å². The van der Waals surface area contributed by atoms with Gasteiger partial charge in [0.1, 0.15) is 0 Å². The maximum Gasteiger partial charge on any atom is 0.327 e. The van der Waals surface area contributed by atoms with Gasteiger partial charge < -0.3 is 15.3 Å². The van der Waals surface area contributed by atoms with Crippen LogP contribution >= 0.6 is 0 Å². The zero-order chi connectivity index (χ0) is 16.8. The predicted molar refractivity (Wildman–Crippen MR) is 83.4 cm³/mol. The fourth-order valence-corrected chi connectivity index (χ4v) is 4.48. The third-order valence-corrected chi connectivity index (χ3v) is 5.31. The van der Waals surface area contributed by atoms with Crippen molar-refractivity contribution in [3.8, 4) is 0 Å². The van der Waals surface area contributed by atoms with Crippen molar-refractivity contribution in [1.29, 1.82) is 0 Å².